The third-order valence-corrected chi connectivity index (χ3v) is 4.35. The molecular weight excluding hydrogens is 232 g/mol. The molecule has 2 rings (SSSR count). The Morgan fingerprint density at radius 3 is 2.63 bits per heavy atom. The SMILES string of the molecule is CCNC1CCCN(C(CC)CC)c2ccccc21. The fourth-order valence-electron chi connectivity index (χ4n) is 3.35. The second-order valence-electron chi connectivity index (χ2n) is 5.48. The molecule has 0 aliphatic carbocycles. The first-order valence-corrected chi connectivity index (χ1v) is 7.90. The highest BCUT2D eigenvalue weighted by Crippen LogP contribution is 2.34. The smallest absolute Gasteiger partial charge is 0.0417 e. The first-order valence-electron chi connectivity index (χ1n) is 7.90. The average molecular weight is 260 g/mol. The molecule has 1 heterocycles. The van der Waals surface area contributed by atoms with Crippen LogP contribution in [0.3, 0.4) is 0 Å². The van der Waals surface area contributed by atoms with Gasteiger partial charge in [0.2, 0.25) is 0 Å². The number of rotatable bonds is 5. The molecule has 0 radical (unpaired) electrons. The number of hydrogen-bond donors (Lipinski definition) is 1. The monoisotopic (exact) mass is 260 g/mol. The van der Waals surface area contributed by atoms with Crippen LogP contribution in [0.1, 0.15) is 58.1 Å². The summed E-state index contributed by atoms with van der Waals surface area (Å²) in [7, 11) is 0. The van der Waals surface area contributed by atoms with E-state index >= 15 is 0 Å². The maximum Gasteiger partial charge on any atom is 0.0417 e. The van der Waals surface area contributed by atoms with Gasteiger partial charge in [-0.2, -0.15) is 0 Å². The molecule has 1 N–H and O–H groups in total. The molecule has 1 aliphatic heterocycles. The predicted octanol–water partition coefficient (Wildman–Crippen LogP) is 4.13. The van der Waals surface area contributed by atoms with Crippen LogP contribution in [0.15, 0.2) is 24.3 Å². The molecule has 0 bridgehead atoms. The number of hydrogen-bond acceptors (Lipinski definition) is 2. The lowest BCUT2D eigenvalue weighted by Crippen LogP contribution is -2.35. The molecule has 0 spiro atoms. The molecule has 0 saturated carbocycles. The first-order chi connectivity index (χ1) is 9.31. The van der Waals surface area contributed by atoms with Gasteiger partial charge in [-0.05, 0) is 43.9 Å². The first kappa shape index (κ1) is 14.4. The lowest BCUT2D eigenvalue weighted by molar-refractivity contribution is 0.501. The highest BCUT2D eigenvalue weighted by molar-refractivity contribution is 5.56. The fourth-order valence-corrected chi connectivity index (χ4v) is 3.35. The highest BCUT2D eigenvalue weighted by atomic mass is 15.2. The number of fused-ring (bicyclic) bond motifs is 1. The van der Waals surface area contributed by atoms with E-state index in [2.05, 4.69) is 55.3 Å². The Bertz CT molecular complexity index is 385. The summed E-state index contributed by atoms with van der Waals surface area (Å²) in [5.41, 5.74) is 2.95. The number of para-hydroxylation sites is 1. The van der Waals surface area contributed by atoms with Crippen LogP contribution >= 0.6 is 0 Å². The second kappa shape index (κ2) is 6.95. The number of anilines is 1. The van der Waals surface area contributed by atoms with E-state index < -0.39 is 0 Å². The number of benzene rings is 1. The van der Waals surface area contributed by atoms with Crippen LogP contribution < -0.4 is 10.2 Å². The maximum absolute atomic E-state index is 3.65. The molecule has 0 saturated heterocycles. The molecule has 19 heavy (non-hydrogen) atoms. The minimum absolute atomic E-state index is 0.528. The van der Waals surface area contributed by atoms with Gasteiger partial charge in [-0.3, -0.25) is 0 Å². The third-order valence-electron chi connectivity index (χ3n) is 4.35. The maximum atomic E-state index is 3.65. The van der Waals surface area contributed by atoms with Crippen molar-refractivity contribution in [3.05, 3.63) is 29.8 Å². The molecule has 1 aromatic carbocycles. The van der Waals surface area contributed by atoms with Gasteiger partial charge in [0.05, 0.1) is 0 Å². The molecule has 0 fully saturated rings. The van der Waals surface area contributed by atoms with Gasteiger partial charge < -0.3 is 10.2 Å². The summed E-state index contributed by atoms with van der Waals surface area (Å²) in [5.74, 6) is 0. The Kier molecular flexibility index (Phi) is 5.26. The van der Waals surface area contributed by atoms with Crippen molar-refractivity contribution in [1.82, 2.24) is 5.32 Å². The van der Waals surface area contributed by atoms with Crippen molar-refractivity contribution < 1.29 is 0 Å². The van der Waals surface area contributed by atoms with E-state index in [1.807, 2.05) is 0 Å². The van der Waals surface area contributed by atoms with Gasteiger partial charge in [0.25, 0.3) is 0 Å². The molecule has 106 valence electrons. The van der Waals surface area contributed by atoms with Crippen molar-refractivity contribution in [2.45, 2.75) is 58.5 Å². The molecule has 0 amide bonds. The van der Waals surface area contributed by atoms with Crippen molar-refractivity contribution in [3.8, 4) is 0 Å². The Morgan fingerprint density at radius 1 is 1.21 bits per heavy atom. The van der Waals surface area contributed by atoms with Crippen molar-refractivity contribution in [3.63, 3.8) is 0 Å². The molecule has 2 nitrogen and oxygen atoms in total. The topological polar surface area (TPSA) is 15.3 Å². The van der Waals surface area contributed by atoms with Crippen molar-refractivity contribution in [2.75, 3.05) is 18.0 Å². The molecular formula is C17H28N2. The second-order valence-corrected chi connectivity index (χ2v) is 5.48. The average Bonchev–Trinajstić information content (AvgIpc) is 2.62. The largest absolute Gasteiger partial charge is 0.368 e. The molecule has 1 unspecified atom stereocenters. The van der Waals surface area contributed by atoms with Crippen molar-refractivity contribution >= 4 is 5.69 Å². The van der Waals surface area contributed by atoms with E-state index in [0.29, 0.717) is 12.1 Å². The number of nitrogens with one attached hydrogen (secondary N) is 1. The van der Waals surface area contributed by atoms with Gasteiger partial charge in [-0.25, -0.2) is 0 Å². The zero-order valence-corrected chi connectivity index (χ0v) is 12.7. The molecule has 2 heteroatoms. The Morgan fingerprint density at radius 2 is 1.95 bits per heavy atom. The molecule has 1 aromatic rings. The van der Waals surface area contributed by atoms with Crippen LogP contribution in [0.2, 0.25) is 0 Å². The normalized spacial score (nSPS) is 19.4. The molecule has 1 atom stereocenters. The summed E-state index contributed by atoms with van der Waals surface area (Å²) in [4.78, 5) is 2.65. The lowest BCUT2D eigenvalue weighted by atomic mass is 10.0. The van der Waals surface area contributed by atoms with Crippen LogP contribution in [0.5, 0.6) is 0 Å². The quantitative estimate of drug-likeness (QED) is 0.856. The predicted molar refractivity (Wildman–Crippen MR) is 83.8 cm³/mol. The minimum atomic E-state index is 0.528. The number of nitrogens with zero attached hydrogens (tertiary/aromatic N) is 1. The van der Waals surface area contributed by atoms with E-state index in [1.54, 1.807) is 0 Å². The van der Waals surface area contributed by atoms with Crippen molar-refractivity contribution in [1.29, 1.82) is 0 Å². The van der Waals surface area contributed by atoms with E-state index in [1.165, 1.54) is 43.5 Å². The summed E-state index contributed by atoms with van der Waals surface area (Å²) in [6.45, 7) is 9.06. The van der Waals surface area contributed by atoms with Gasteiger partial charge >= 0.3 is 0 Å². The van der Waals surface area contributed by atoms with Gasteiger partial charge in [-0.1, -0.05) is 39.0 Å². The van der Waals surface area contributed by atoms with Gasteiger partial charge in [0.15, 0.2) is 0 Å². The summed E-state index contributed by atoms with van der Waals surface area (Å²) in [6.07, 6.45) is 5.00. The summed E-state index contributed by atoms with van der Waals surface area (Å²) >= 11 is 0. The van der Waals surface area contributed by atoms with Crippen molar-refractivity contribution in [2.24, 2.45) is 0 Å². The zero-order chi connectivity index (χ0) is 13.7. The summed E-state index contributed by atoms with van der Waals surface area (Å²) in [5, 5.41) is 3.65. The van der Waals surface area contributed by atoms with E-state index in [0.717, 1.165) is 6.54 Å². The lowest BCUT2D eigenvalue weighted by Gasteiger charge is -2.33. The van der Waals surface area contributed by atoms with Crippen LogP contribution in [0.4, 0.5) is 5.69 Å². The van der Waals surface area contributed by atoms with Gasteiger partial charge in [0.1, 0.15) is 0 Å². The van der Waals surface area contributed by atoms with E-state index in [-0.39, 0.29) is 0 Å². The van der Waals surface area contributed by atoms with Crippen LogP contribution in [0, 0.1) is 0 Å². The molecule has 1 aliphatic rings. The standard InChI is InChI=1S/C17H28N2/c1-4-14(5-2)19-13-9-11-16(18-6-3)15-10-7-8-12-17(15)19/h7-8,10,12,14,16,18H,4-6,9,11,13H2,1-3H3. The minimum Gasteiger partial charge on any atom is -0.368 e. The Labute approximate surface area is 118 Å². The van der Waals surface area contributed by atoms with Crippen LogP contribution in [0.25, 0.3) is 0 Å². The summed E-state index contributed by atoms with van der Waals surface area (Å²) in [6, 6.07) is 10.2. The van der Waals surface area contributed by atoms with Gasteiger partial charge in [0, 0.05) is 24.3 Å². The van der Waals surface area contributed by atoms with Crippen LogP contribution in [-0.4, -0.2) is 19.1 Å². The zero-order valence-electron chi connectivity index (χ0n) is 12.7. The molecule has 0 aromatic heterocycles. The van der Waals surface area contributed by atoms with E-state index in [4.69, 9.17) is 0 Å². The third kappa shape index (κ3) is 3.11. The van der Waals surface area contributed by atoms with Crippen LogP contribution in [-0.2, 0) is 0 Å². The summed E-state index contributed by atoms with van der Waals surface area (Å²) < 4.78 is 0. The van der Waals surface area contributed by atoms with E-state index in [9.17, 15) is 0 Å². The Balaban J connectivity index is 2.35. The van der Waals surface area contributed by atoms with Gasteiger partial charge in [-0.15, -0.1) is 0 Å². The highest BCUT2D eigenvalue weighted by Gasteiger charge is 2.25. The fraction of sp³-hybridized carbons (Fsp3) is 0.647. The Hall–Kier alpha value is -1.02.